The summed E-state index contributed by atoms with van der Waals surface area (Å²) in [4.78, 5) is 26.1. The van der Waals surface area contributed by atoms with Crippen molar-refractivity contribution in [3.8, 4) is 5.75 Å². The molecule has 2 amide bonds. The number of methoxy groups -OCH3 is 1. The number of carbonyl (C=O) groups excluding carboxylic acids is 2. The molecule has 1 N–H and O–H groups in total. The Morgan fingerprint density at radius 1 is 1.19 bits per heavy atom. The number of nitrogens with one attached hydrogen (secondary N) is 1. The molecule has 8 nitrogen and oxygen atoms in total. The summed E-state index contributed by atoms with van der Waals surface area (Å²) >= 11 is 0.913. The molecule has 3 rings (SSSR count). The molecule has 1 saturated heterocycles. The molecular formula is C20H20FN3O5S2. The lowest BCUT2D eigenvalue weighted by Crippen LogP contribution is -2.33. The van der Waals surface area contributed by atoms with Crippen molar-refractivity contribution in [2.45, 2.75) is 23.5 Å². The Hall–Kier alpha value is -2.92. The van der Waals surface area contributed by atoms with E-state index in [4.69, 9.17) is 4.74 Å². The van der Waals surface area contributed by atoms with Gasteiger partial charge < -0.3 is 10.1 Å². The van der Waals surface area contributed by atoms with E-state index in [0.29, 0.717) is 11.4 Å². The zero-order valence-corrected chi connectivity index (χ0v) is 18.4. The van der Waals surface area contributed by atoms with Gasteiger partial charge in [0.1, 0.15) is 16.8 Å². The molecule has 1 heterocycles. The molecule has 1 aliphatic rings. The number of hydrogen-bond acceptors (Lipinski definition) is 6. The summed E-state index contributed by atoms with van der Waals surface area (Å²) < 4.78 is 47.0. The Morgan fingerprint density at radius 2 is 1.84 bits per heavy atom. The molecular weight excluding hydrogens is 445 g/mol. The molecule has 1 unspecified atom stereocenters. The van der Waals surface area contributed by atoms with Crippen molar-refractivity contribution in [3.05, 3.63) is 54.3 Å². The minimum atomic E-state index is -4.14. The Bertz CT molecular complexity index is 1100. The van der Waals surface area contributed by atoms with E-state index in [0.717, 1.165) is 36.0 Å². The summed E-state index contributed by atoms with van der Waals surface area (Å²) in [6.45, 7) is 1.87. The Kier molecular flexibility index (Phi) is 6.96. The van der Waals surface area contributed by atoms with Gasteiger partial charge in [0.05, 0.1) is 12.0 Å². The van der Waals surface area contributed by atoms with Crippen LogP contribution in [0.25, 0.3) is 0 Å². The molecule has 2 aromatic carbocycles. The second-order valence-electron chi connectivity index (χ2n) is 6.47. The van der Waals surface area contributed by atoms with Crippen LogP contribution < -0.4 is 10.1 Å². The second kappa shape index (κ2) is 9.48. The molecule has 1 fully saturated rings. The van der Waals surface area contributed by atoms with Crippen LogP contribution >= 0.6 is 11.8 Å². The summed E-state index contributed by atoms with van der Waals surface area (Å²) in [6, 6.07) is 11.0. The van der Waals surface area contributed by atoms with Gasteiger partial charge in [-0.1, -0.05) is 11.8 Å². The zero-order chi connectivity index (χ0) is 22.6. The van der Waals surface area contributed by atoms with Crippen LogP contribution in [-0.2, 0) is 19.6 Å². The van der Waals surface area contributed by atoms with Gasteiger partial charge in [-0.15, -0.1) is 4.40 Å². The van der Waals surface area contributed by atoms with Gasteiger partial charge in [0.15, 0.2) is 5.17 Å². The first-order valence-electron chi connectivity index (χ1n) is 9.26. The van der Waals surface area contributed by atoms with Gasteiger partial charge in [-0.2, -0.15) is 8.42 Å². The van der Waals surface area contributed by atoms with Crippen LogP contribution in [0.2, 0.25) is 0 Å². The van der Waals surface area contributed by atoms with E-state index < -0.39 is 32.9 Å². The molecule has 0 aliphatic carbocycles. The smallest absolute Gasteiger partial charge is 0.284 e. The van der Waals surface area contributed by atoms with Crippen LogP contribution in [0.5, 0.6) is 5.75 Å². The van der Waals surface area contributed by atoms with Crippen molar-refractivity contribution in [3.63, 3.8) is 0 Å². The number of hydrogen-bond donors (Lipinski definition) is 1. The maximum atomic E-state index is 13.1. The van der Waals surface area contributed by atoms with Gasteiger partial charge in [-0.3, -0.25) is 14.5 Å². The van der Waals surface area contributed by atoms with E-state index in [1.54, 1.807) is 31.2 Å². The number of benzene rings is 2. The highest BCUT2D eigenvalue weighted by atomic mass is 32.2. The number of ether oxygens (including phenoxy) is 1. The highest BCUT2D eigenvalue weighted by molar-refractivity contribution is 8.16. The van der Waals surface area contributed by atoms with Crippen LogP contribution in [0.1, 0.15) is 13.3 Å². The van der Waals surface area contributed by atoms with Crippen molar-refractivity contribution >= 4 is 44.5 Å². The SMILES string of the molecule is CCN1C(=O)C(CC(=O)Nc2ccc(OC)cc2)S/C1=N\S(=O)(=O)c1ccc(F)cc1. The lowest BCUT2D eigenvalue weighted by molar-refractivity contribution is -0.128. The molecule has 1 atom stereocenters. The van der Waals surface area contributed by atoms with Gasteiger partial charge in [-0.25, -0.2) is 4.39 Å². The highest BCUT2D eigenvalue weighted by Gasteiger charge is 2.39. The number of sulfonamides is 1. The molecule has 164 valence electrons. The molecule has 0 aromatic heterocycles. The van der Waals surface area contributed by atoms with Crippen LogP contribution in [0, 0.1) is 5.82 Å². The number of carbonyl (C=O) groups is 2. The molecule has 2 aromatic rings. The normalized spacial score (nSPS) is 17.8. The van der Waals surface area contributed by atoms with E-state index in [1.165, 1.54) is 12.0 Å². The lowest BCUT2D eigenvalue weighted by Gasteiger charge is -2.13. The number of nitrogens with zero attached hydrogens (tertiary/aromatic N) is 2. The van der Waals surface area contributed by atoms with Crippen molar-refractivity contribution < 1.29 is 27.1 Å². The van der Waals surface area contributed by atoms with E-state index in [-0.39, 0.29) is 23.0 Å². The van der Waals surface area contributed by atoms with E-state index in [2.05, 4.69) is 9.71 Å². The van der Waals surface area contributed by atoms with Gasteiger partial charge >= 0.3 is 0 Å². The zero-order valence-electron chi connectivity index (χ0n) is 16.7. The first-order valence-corrected chi connectivity index (χ1v) is 11.6. The molecule has 0 radical (unpaired) electrons. The summed E-state index contributed by atoms with van der Waals surface area (Å²) in [5.74, 6) is -0.725. The fraction of sp³-hybridized carbons (Fsp3) is 0.250. The van der Waals surface area contributed by atoms with Crippen molar-refractivity contribution in [2.24, 2.45) is 4.40 Å². The molecule has 31 heavy (non-hydrogen) atoms. The van der Waals surface area contributed by atoms with E-state index in [9.17, 15) is 22.4 Å². The van der Waals surface area contributed by atoms with Gasteiger partial charge in [0.2, 0.25) is 11.8 Å². The first kappa shape index (κ1) is 22.8. The third-order valence-corrected chi connectivity index (χ3v) is 6.96. The largest absolute Gasteiger partial charge is 0.497 e. The maximum absolute atomic E-state index is 13.1. The number of amides is 2. The molecule has 0 spiro atoms. The van der Waals surface area contributed by atoms with Crippen molar-refractivity contribution in [2.75, 3.05) is 19.0 Å². The van der Waals surface area contributed by atoms with E-state index >= 15 is 0 Å². The van der Waals surface area contributed by atoms with E-state index in [1.807, 2.05) is 0 Å². The summed E-state index contributed by atoms with van der Waals surface area (Å²) in [6.07, 6.45) is -0.151. The van der Waals surface area contributed by atoms with Crippen molar-refractivity contribution in [1.29, 1.82) is 0 Å². The predicted molar refractivity (Wildman–Crippen MR) is 116 cm³/mol. The van der Waals surface area contributed by atoms with Crippen LogP contribution in [0.15, 0.2) is 57.8 Å². The molecule has 0 saturated carbocycles. The number of halogens is 1. The van der Waals surface area contributed by atoms with Crippen molar-refractivity contribution in [1.82, 2.24) is 4.90 Å². The van der Waals surface area contributed by atoms with Crippen LogP contribution in [-0.4, -0.2) is 49.2 Å². The molecule has 1 aliphatic heterocycles. The maximum Gasteiger partial charge on any atom is 0.284 e. The Morgan fingerprint density at radius 3 is 2.42 bits per heavy atom. The number of thioether (sulfide) groups is 1. The number of rotatable bonds is 7. The minimum absolute atomic E-state index is 0.0147. The first-order chi connectivity index (χ1) is 14.7. The average molecular weight is 466 g/mol. The fourth-order valence-electron chi connectivity index (χ4n) is 2.82. The molecule has 11 heteroatoms. The summed E-state index contributed by atoms with van der Waals surface area (Å²) in [5, 5.41) is 1.88. The van der Waals surface area contributed by atoms with Gasteiger partial charge in [0, 0.05) is 18.7 Å². The topological polar surface area (TPSA) is 105 Å². The predicted octanol–water partition coefficient (Wildman–Crippen LogP) is 2.87. The second-order valence-corrected chi connectivity index (χ2v) is 9.25. The average Bonchev–Trinajstić information content (AvgIpc) is 3.02. The minimum Gasteiger partial charge on any atom is -0.497 e. The highest BCUT2D eigenvalue weighted by Crippen LogP contribution is 2.31. The quantitative estimate of drug-likeness (QED) is 0.674. The lowest BCUT2D eigenvalue weighted by atomic mass is 10.2. The standard InChI is InChI=1S/C20H20FN3O5S2/c1-3-24-19(26)17(12-18(25)22-14-6-8-15(29-2)9-7-14)30-20(24)23-31(27,28)16-10-4-13(21)5-11-16/h4-11,17H,3,12H2,1-2H3,(H,22,25)/b23-20-. The summed E-state index contributed by atoms with van der Waals surface area (Å²) in [5.41, 5.74) is 0.543. The third-order valence-electron chi connectivity index (χ3n) is 4.39. The fourth-order valence-corrected chi connectivity index (χ4v) is 5.24. The Balaban J connectivity index is 1.73. The monoisotopic (exact) mass is 465 g/mol. The van der Waals surface area contributed by atoms with Gasteiger partial charge in [-0.05, 0) is 55.5 Å². The third kappa shape index (κ3) is 5.42. The number of anilines is 1. The number of amidine groups is 1. The van der Waals surface area contributed by atoms with Crippen LogP contribution in [0.3, 0.4) is 0 Å². The molecule has 0 bridgehead atoms. The summed E-state index contributed by atoms with van der Waals surface area (Å²) in [7, 11) is -2.61. The Labute approximate surface area is 183 Å². The van der Waals surface area contributed by atoms with Gasteiger partial charge in [0.25, 0.3) is 10.0 Å². The van der Waals surface area contributed by atoms with Crippen LogP contribution in [0.4, 0.5) is 10.1 Å².